The lowest BCUT2D eigenvalue weighted by Crippen LogP contribution is -2.48. The Bertz CT molecular complexity index is 651. The molecule has 1 unspecified atom stereocenters. The average Bonchev–Trinajstić information content (AvgIpc) is 3.27. The molecular weight excluding hydrogens is 286 g/mol. The molecule has 0 aliphatic carbocycles. The van der Waals surface area contributed by atoms with Gasteiger partial charge in [-0.15, -0.1) is 0 Å². The number of nitrogens with zero attached hydrogens (tertiary/aromatic N) is 3. The molecule has 23 heavy (non-hydrogen) atoms. The van der Waals surface area contributed by atoms with Crippen molar-refractivity contribution < 1.29 is 0 Å². The monoisotopic (exact) mass is 311 g/mol. The maximum Gasteiger partial charge on any atom is 0.124 e. The molecule has 2 aliphatic heterocycles. The minimum absolute atomic E-state index is 0.369. The fourth-order valence-electron chi connectivity index (χ4n) is 3.90. The van der Waals surface area contributed by atoms with Crippen LogP contribution in [0.3, 0.4) is 0 Å². The minimum atomic E-state index is 0.369. The maximum atomic E-state index is 4.50. The number of H-pyrrole nitrogens is 1. The molecule has 3 heterocycles. The number of imidazole rings is 1. The van der Waals surface area contributed by atoms with Crippen LogP contribution < -0.4 is 5.32 Å². The summed E-state index contributed by atoms with van der Waals surface area (Å²) in [4.78, 5) is 12.9. The first-order valence-electron chi connectivity index (χ1n) is 8.65. The number of anilines is 1. The standard InChI is InChI=1S/C18H25N5/c1-2-23-11-10-22(13-16(23)18-20-8-9-21-18)12-15-5-3-4-14-6-7-19-17(14)15/h3-5,8-9,16,19H,2,6-7,10-13H2,1H3,(H,20,21). The van der Waals surface area contributed by atoms with Gasteiger partial charge in [0.2, 0.25) is 0 Å². The van der Waals surface area contributed by atoms with Gasteiger partial charge in [0.1, 0.15) is 5.82 Å². The van der Waals surface area contributed by atoms with Crippen LogP contribution in [-0.4, -0.2) is 52.5 Å². The molecule has 0 amide bonds. The highest BCUT2D eigenvalue weighted by Crippen LogP contribution is 2.29. The van der Waals surface area contributed by atoms with Crippen LogP contribution in [0.1, 0.15) is 29.9 Å². The lowest BCUT2D eigenvalue weighted by atomic mass is 10.1. The van der Waals surface area contributed by atoms with E-state index in [0.717, 1.165) is 51.5 Å². The van der Waals surface area contributed by atoms with Gasteiger partial charge in [-0.2, -0.15) is 0 Å². The second-order valence-corrected chi connectivity index (χ2v) is 6.48. The van der Waals surface area contributed by atoms with Gasteiger partial charge in [-0.05, 0) is 24.1 Å². The number of hydrogen-bond donors (Lipinski definition) is 2. The van der Waals surface area contributed by atoms with Crippen molar-refractivity contribution in [2.45, 2.75) is 25.9 Å². The number of para-hydroxylation sites is 1. The number of piperazine rings is 1. The zero-order valence-corrected chi connectivity index (χ0v) is 13.8. The topological polar surface area (TPSA) is 47.2 Å². The molecule has 2 N–H and O–H groups in total. The maximum absolute atomic E-state index is 4.50. The van der Waals surface area contributed by atoms with E-state index in [1.165, 1.54) is 16.8 Å². The van der Waals surface area contributed by atoms with Crippen LogP contribution in [0.4, 0.5) is 5.69 Å². The molecule has 122 valence electrons. The minimum Gasteiger partial charge on any atom is -0.384 e. The number of benzene rings is 1. The van der Waals surface area contributed by atoms with E-state index in [2.05, 4.69) is 50.2 Å². The van der Waals surface area contributed by atoms with Crippen LogP contribution in [0.25, 0.3) is 0 Å². The summed E-state index contributed by atoms with van der Waals surface area (Å²) >= 11 is 0. The van der Waals surface area contributed by atoms with Gasteiger partial charge in [-0.25, -0.2) is 4.98 Å². The lowest BCUT2D eigenvalue weighted by Gasteiger charge is -2.40. The zero-order valence-electron chi connectivity index (χ0n) is 13.8. The smallest absolute Gasteiger partial charge is 0.124 e. The Morgan fingerprint density at radius 3 is 3.09 bits per heavy atom. The number of fused-ring (bicyclic) bond motifs is 1. The summed E-state index contributed by atoms with van der Waals surface area (Å²) in [5, 5.41) is 3.56. The first-order chi connectivity index (χ1) is 11.3. The van der Waals surface area contributed by atoms with E-state index < -0.39 is 0 Å². The van der Waals surface area contributed by atoms with E-state index in [1.807, 2.05) is 12.4 Å². The second-order valence-electron chi connectivity index (χ2n) is 6.48. The van der Waals surface area contributed by atoms with Crippen molar-refractivity contribution in [2.75, 3.05) is 38.0 Å². The quantitative estimate of drug-likeness (QED) is 0.909. The first kappa shape index (κ1) is 14.7. The van der Waals surface area contributed by atoms with Gasteiger partial charge in [-0.1, -0.05) is 25.1 Å². The van der Waals surface area contributed by atoms with E-state index in [4.69, 9.17) is 0 Å². The molecule has 5 nitrogen and oxygen atoms in total. The van der Waals surface area contributed by atoms with Crippen LogP contribution in [0.2, 0.25) is 0 Å². The van der Waals surface area contributed by atoms with E-state index in [9.17, 15) is 0 Å². The van der Waals surface area contributed by atoms with Gasteiger partial charge in [0.05, 0.1) is 6.04 Å². The molecule has 0 bridgehead atoms. The summed E-state index contributed by atoms with van der Waals surface area (Å²) in [6, 6.07) is 7.09. The Morgan fingerprint density at radius 2 is 2.26 bits per heavy atom. The van der Waals surface area contributed by atoms with Crippen molar-refractivity contribution in [3.63, 3.8) is 0 Å². The lowest BCUT2D eigenvalue weighted by molar-refractivity contribution is 0.0698. The SMILES string of the molecule is CCN1CCN(Cc2cccc3c2NCC3)CC1c1ncc[nH]1. The number of aromatic amines is 1. The number of nitrogens with one attached hydrogen (secondary N) is 2. The van der Waals surface area contributed by atoms with E-state index >= 15 is 0 Å². The molecule has 1 aromatic carbocycles. The van der Waals surface area contributed by atoms with Crippen LogP contribution >= 0.6 is 0 Å². The molecule has 2 aromatic rings. The van der Waals surface area contributed by atoms with Crippen molar-refractivity contribution in [1.82, 2.24) is 19.8 Å². The second kappa shape index (κ2) is 6.34. The summed E-state index contributed by atoms with van der Waals surface area (Å²) in [7, 11) is 0. The van der Waals surface area contributed by atoms with Crippen LogP contribution in [-0.2, 0) is 13.0 Å². The summed E-state index contributed by atoms with van der Waals surface area (Å²) in [5.41, 5.74) is 4.28. The van der Waals surface area contributed by atoms with E-state index in [0.29, 0.717) is 6.04 Å². The third-order valence-electron chi connectivity index (χ3n) is 5.14. The summed E-state index contributed by atoms with van der Waals surface area (Å²) in [6.45, 7) is 8.65. The normalized spacial score (nSPS) is 22.0. The molecule has 5 heteroatoms. The van der Waals surface area contributed by atoms with Crippen molar-refractivity contribution in [2.24, 2.45) is 0 Å². The van der Waals surface area contributed by atoms with E-state index in [-0.39, 0.29) is 0 Å². The van der Waals surface area contributed by atoms with Gasteiger partial charge < -0.3 is 10.3 Å². The Kier molecular flexibility index (Phi) is 4.06. The number of hydrogen-bond acceptors (Lipinski definition) is 4. The number of aromatic nitrogens is 2. The van der Waals surface area contributed by atoms with Gasteiger partial charge in [-0.3, -0.25) is 9.80 Å². The molecule has 0 saturated carbocycles. The van der Waals surface area contributed by atoms with Crippen molar-refractivity contribution in [3.8, 4) is 0 Å². The van der Waals surface area contributed by atoms with Gasteiger partial charge in [0.25, 0.3) is 0 Å². The van der Waals surface area contributed by atoms with Gasteiger partial charge in [0, 0.05) is 50.8 Å². The third kappa shape index (κ3) is 2.86. The molecule has 2 aliphatic rings. The Morgan fingerprint density at radius 1 is 1.30 bits per heavy atom. The van der Waals surface area contributed by atoms with Crippen molar-refractivity contribution >= 4 is 5.69 Å². The number of likely N-dealkylation sites (N-methyl/N-ethyl adjacent to an activating group) is 1. The third-order valence-corrected chi connectivity index (χ3v) is 5.14. The summed E-state index contributed by atoms with van der Waals surface area (Å²) in [5.74, 6) is 1.09. The van der Waals surface area contributed by atoms with Gasteiger partial charge >= 0.3 is 0 Å². The average molecular weight is 311 g/mol. The van der Waals surface area contributed by atoms with E-state index in [1.54, 1.807) is 0 Å². The predicted octanol–water partition coefficient (Wildman–Crippen LogP) is 2.26. The summed E-state index contributed by atoms with van der Waals surface area (Å²) in [6.07, 6.45) is 4.94. The number of rotatable bonds is 4. The largest absolute Gasteiger partial charge is 0.384 e. The fraction of sp³-hybridized carbons (Fsp3) is 0.500. The summed E-state index contributed by atoms with van der Waals surface area (Å²) < 4.78 is 0. The predicted molar refractivity (Wildman–Crippen MR) is 92.5 cm³/mol. The highest BCUT2D eigenvalue weighted by molar-refractivity contribution is 5.61. The Labute approximate surface area is 137 Å². The van der Waals surface area contributed by atoms with Crippen LogP contribution in [0.5, 0.6) is 0 Å². The van der Waals surface area contributed by atoms with Crippen LogP contribution in [0.15, 0.2) is 30.6 Å². The molecule has 4 rings (SSSR count). The van der Waals surface area contributed by atoms with Crippen molar-refractivity contribution in [1.29, 1.82) is 0 Å². The molecule has 0 radical (unpaired) electrons. The first-order valence-corrected chi connectivity index (χ1v) is 8.65. The Balaban J connectivity index is 1.51. The zero-order chi connectivity index (χ0) is 15.6. The Hall–Kier alpha value is -1.85. The van der Waals surface area contributed by atoms with Gasteiger partial charge in [0.15, 0.2) is 0 Å². The van der Waals surface area contributed by atoms with Crippen molar-refractivity contribution in [3.05, 3.63) is 47.5 Å². The van der Waals surface area contributed by atoms with Crippen LogP contribution in [0, 0.1) is 0 Å². The molecule has 1 atom stereocenters. The molecule has 1 saturated heterocycles. The molecular formula is C18H25N5. The molecule has 1 fully saturated rings. The molecule has 0 spiro atoms. The fourth-order valence-corrected chi connectivity index (χ4v) is 3.90. The highest BCUT2D eigenvalue weighted by atomic mass is 15.3. The molecule has 1 aromatic heterocycles. The highest BCUT2D eigenvalue weighted by Gasteiger charge is 2.29.